The molecule has 1 aliphatic heterocycles. The predicted octanol–water partition coefficient (Wildman–Crippen LogP) is 3.70. The summed E-state index contributed by atoms with van der Waals surface area (Å²) in [6.07, 6.45) is 1.36. The lowest BCUT2D eigenvalue weighted by atomic mass is 9.89. The van der Waals surface area contributed by atoms with E-state index >= 15 is 0 Å². The van der Waals surface area contributed by atoms with Crippen LogP contribution in [0.15, 0.2) is 18.2 Å². The number of ether oxygens (including phenoxy) is 1. The van der Waals surface area contributed by atoms with Crippen molar-refractivity contribution in [3.05, 3.63) is 34.9 Å². The summed E-state index contributed by atoms with van der Waals surface area (Å²) < 4.78 is 5.58. The van der Waals surface area contributed by atoms with E-state index in [1.807, 2.05) is 31.7 Å². The number of benzene rings is 1. The normalized spacial score (nSPS) is 22.5. The number of hydrogen-bond donors (Lipinski definition) is 1. The molecule has 0 spiro atoms. The fourth-order valence-electron chi connectivity index (χ4n) is 2.96. The first kappa shape index (κ1) is 16.8. The third-order valence-corrected chi connectivity index (χ3v) is 4.28. The van der Waals surface area contributed by atoms with Crippen LogP contribution in [0.25, 0.3) is 0 Å². The minimum Gasteiger partial charge on any atom is -0.444 e. The van der Waals surface area contributed by atoms with Crippen LogP contribution in [0.4, 0.5) is 4.79 Å². The summed E-state index contributed by atoms with van der Waals surface area (Å²) in [7, 11) is 0. The Kier molecular flexibility index (Phi) is 4.81. The molecule has 2 N–H and O–H groups in total. The Morgan fingerprint density at radius 2 is 2.00 bits per heavy atom. The molecule has 0 bridgehead atoms. The third kappa shape index (κ3) is 3.80. The first-order valence-electron chi connectivity index (χ1n) is 8.00. The molecule has 0 radical (unpaired) electrons. The van der Waals surface area contributed by atoms with E-state index in [-0.39, 0.29) is 18.2 Å². The van der Waals surface area contributed by atoms with E-state index in [2.05, 4.69) is 26.0 Å². The average molecular weight is 304 g/mol. The van der Waals surface area contributed by atoms with Crippen LogP contribution in [0.1, 0.15) is 56.3 Å². The molecule has 1 heterocycles. The van der Waals surface area contributed by atoms with Gasteiger partial charge in [-0.3, -0.25) is 0 Å². The van der Waals surface area contributed by atoms with Gasteiger partial charge in [0.2, 0.25) is 0 Å². The molecule has 0 saturated carbocycles. The van der Waals surface area contributed by atoms with Crippen LogP contribution in [0, 0.1) is 13.8 Å². The van der Waals surface area contributed by atoms with Gasteiger partial charge >= 0.3 is 6.09 Å². The van der Waals surface area contributed by atoms with Crippen molar-refractivity contribution in [3.63, 3.8) is 0 Å². The molecular weight excluding hydrogens is 276 g/mol. The minimum atomic E-state index is -0.483. The van der Waals surface area contributed by atoms with E-state index in [9.17, 15) is 4.79 Å². The van der Waals surface area contributed by atoms with Crippen molar-refractivity contribution in [2.75, 3.05) is 6.54 Å². The first-order chi connectivity index (χ1) is 10.2. The van der Waals surface area contributed by atoms with E-state index in [1.54, 1.807) is 0 Å². The summed E-state index contributed by atoms with van der Waals surface area (Å²) in [5, 5.41) is 0. The quantitative estimate of drug-likeness (QED) is 0.860. The van der Waals surface area contributed by atoms with Crippen LogP contribution in [0.5, 0.6) is 0 Å². The number of aryl methyl sites for hydroxylation is 1. The van der Waals surface area contributed by atoms with Crippen molar-refractivity contribution in [2.45, 2.75) is 65.1 Å². The van der Waals surface area contributed by atoms with Gasteiger partial charge in [0.15, 0.2) is 0 Å². The Morgan fingerprint density at radius 1 is 1.32 bits per heavy atom. The zero-order valence-electron chi connectivity index (χ0n) is 14.3. The molecule has 2 atom stereocenters. The van der Waals surface area contributed by atoms with Crippen molar-refractivity contribution >= 4 is 6.09 Å². The summed E-state index contributed by atoms with van der Waals surface area (Å²) in [6, 6.07) is 6.37. The van der Waals surface area contributed by atoms with Gasteiger partial charge in [-0.1, -0.05) is 18.2 Å². The summed E-state index contributed by atoms with van der Waals surface area (Å²) in [5.41, 5.74) is 9.33. The van der Waals surface area contributed by atoms with Crippen molar-refractivity contribution in [3.8, 4) is 0 Å². The highest BCUT2D eigenvalue weighted by atomic mass is 16.6. The Labute approximate surface area is 133 Å². The van der Waals surface area contributed by atoms with Gasteiger partial charge < -0.3 is 15.4 Å². The van der Waals surface area contributed by atoms with Gasteiger partial charge in [-0.2, -0.15) is 0 Å². The second-order valence-electron chi connectivity index (χ2n) is 7.26. The van der Waals surface area contributed by atoms with Gasteiger partial charge in [0, 0.05) is 12.6 Å². The van der Waals surface area contributed by atoms with Crippen LogP contribution in [0.2, 0.25) is 0 Å². The monoisotopic (exact) mass is 304 g/mol. The molecule has 1 aromatic rings. The van der Waals surface area contributed by atoms with Gasteiger partial charge in [-0.05, 0) is 64.2 Å². The first-order valence-corrected chi connectivity index (χ1v) is 8.00. The molecule has 2 unspecified atom stereocenters. The Hall–Kier alpha value is -1.55. The number of carbonyl (C=O) groups excluding carboxylic acids is 1. The van der Waals surface area contributed by atoms with E-state index in [4.69, 9.17) is 10.5 Å². The predicted molar refractivity (Wildman–Crippen MR) is 88.8 cm³/mol. The molecule has 1 aromatic carbocycles. The van der Waals surface area contributed by atoms with E-state index in [0.717, 1.165) is 12.8 Å². The standard InChI is InChI=1S/C18H28N2O2/c1-12-7-6-8-15(13(12)2)16-11-14(19)9-10-20(16)17(21)22-18(3,4)5/h6-8,14,16H,9-11,19H2,1-5H3. The largest absolute Gasteiger partial charge is 0.444 e. The van der Waals surface area contributed by atoms with Gasteiger partial charge in [0.05, 0.1) is 6.04 Å². The van der Waals surface area contributed by atoms with Crippen LogP contribution < -0.4 is 5.73 Å². The van der Waals surface area contributed by atoms with Crippen LogP contribution >= 0.6 is 0 Å². The summed E-state index contributed by atoms with van der Waals surface area (Å²) >= 11 is 0. The summed E-state index contributed by atoms with van der Waals surface area (Å²) in [4.78, 5) is 14.4. The molecule has 1 fully saturated rings. The number of nitrogens with two attached hydrogens (primary N) is 1. The molecule has 1 aliphatic rings. The van der Waals surface area contributed by atoms with Crippen LogP contribution in [-0.4, -0.2) is 29.2 Å². The van der Waals surface area contributed by atoms with Crippen molar-refractivity contribution in [1.82, 2.24) is 4.90 Å². The number of amides is 1. The van der Waals surface area contributed by atoms with Crippen molar-refractivity contribution < 1.29 is 9.53 Å². The van der Waals surface area contributed by atoms with Crippen molar-refractivity contribution in [2.24, 2.45) is 5.73 Å². The molecule has 0 aliphatic carbocycles. The molecule has 122 valence electrons. The highest BCUT2D eigenvalue weighted by Gasteiger charge is 2.34. The fourth-order valence-corrected chi connectivity index (χ4v) is 2.96. The highest BCUT2D eigenvalue weighted by Crippen LogP contribution is 2.34. The number of carbonyl (C=O) groups is 1. The highest BCUT2D eigenvalue weighted by molar-refractivity contribution is 5.69. The average Bonchev–Trinajstić information content (AvgIpc) is 2.39. The van der Waals surface area contributed by atoms with Gasteiger partial charge in [-0.15, -0.1) is 0 Å². The van der Waals surface area contributed by atoms with Crippen molar-refractivity contribution in [1.29, 1.82) is 0 Å². The van der Waals surface area contributed by atoms with E-state index < -0.39 is 5.60 Å². The van der Waals surface area contributed by atoms with Crippen LogP contribution in [-0.2, 0) is 4.74 Å². The fraction of sp³-hybridized carbons (Fsp3) is 0.611. The Balaban J connectivity index is 2.31. The smallest absolute Gasteiger partial charge is 0.410 e. The summed E-state index contributed by atoms with van der Waals surface area (Å²) in [5.74, 6) is 0. The van der Waals surface area contributed by atoms with E-state index in [1.165, 1.54) is 16.7 Å². The second kappa shape index (κ2) is 6.29. The molecule has 4 nitrogen and oxygen atoms in total. The number of hydrogen-bond acceptors (Lipinski definition) is 3. The maximum Gasteiger partial charge on any atom is 0.410 e. The molecule has 1 saturated heterocycles. The second-order valence-corrected chi connectivity index (χ2v) is 7.26. The number of nitrogens with zero attached hydrogens (tertiary/aromatic N) is 1. The van der Waals surface area contributed by atoms with Gasteiger partial charge in [0.1, 0.15) is 5.60 Å². The lowest BCUT2D eigenvalue weighted by molar-refractivity contribution is 0.00790. The zero-order chi connectivity index (χ0) is 16.5. The molecule has 22 heavy (non-hydrogen) atoms. The van der Waals surface area contributed by atoms with E-state index in [0.29, 0.717) is 6.54 Å². The lowest BCUT2D eigenvalue weighted by Crippen LogP contribution is -2.47. The zero-order valence-corrected chi connectivity index (χ0v) is 14.3. The third-order valence-electron chi connectivity index (χ3n) is 4.28. The number of rotatable bonds is 1. The summed E-state index contributed by atoms with van der Waals surface area (Å²) in [6.45, 7) is 10.5. The van der Waals surface area contributed by atoms with Gasteiger partial charge in [0.25, 0.3) is 0 Å². The molecule has 0 aromatic heterocycles. The minimum absolute atomic E-state index is 0.00139. The number of piperidine rings is 1. The molecular formula is C18H28N2O2. The maximum absolute atomic E-state index is 12.6. The molecule has 2 rings (SSSR count). The molecule has 4 heteroatoms. The Bertz CT molecular complexity index is 549. The molecule has 1 amide bonds. The topological polar surface area (TPSA) is 55.6 Å². The SMILES string of the molecule is Cc1cccc(C2CC(N)CCN2C(=O)OC(C)(C)C)c1C. The maximum atomic E-state index is 12.6. The van der Waals surface area contributed by atoms with Gasteiger partial charge in [-0.25, -0.2) is 4.79 Å². The number of likely N-dealkylation sites (tertiary alicyclic amines) is 1. The van der Waals surface area contributed by atoms with Crippen LogP contribution in [0.3, 0.4) is 0 Å². The Morgan fingerprint density at radius 3 is 2.64 bits per heavy atom. The lowest BCUT2D eigenvalue weighted by Gasteiger charge is -2.40.